The SMILES string of the molecule is C[C@@H]1CCCN1CCOc1ccc([C@@H]2Oc3ccc(O)cc3S[C@@H]2c2cccc(O)c2)cc1. The van der Waals surface area contributed by atoms with Crippen LogP contribution in [-0.4, -0.2) is 40.9 Å². The molecule has 3 aromatic carbocycles. The Hall–Kier alpha value is -2.83. The first-order valence-electron chi connectivity index (χ1n) is 11.5. The molecule has 1 saturated heterocycles. The van der Waals surface area contributed by atoms with E-state index in [9.17, 15) is 10.2 Å². The molecule has 33 heavy (non-hydrogen) atoms. The summed E-state index contributed by atoms with van der Waals surface area (Å²) in [5.41, 5.74) is 2.01. The highest BCUT2D eigenvalue weighted by Crippen LogP contribution is 2.54. The second kappa shape index (κ2) is 9.57. The maximum absolute atomic E-state index is 10.0. The minimum absolute atomic E-state index is 0.0742. The van der Waals surface area contributed by atoms with Crippen molar-refractivity contribution < 1.29 is 19.7 Å². The fourth-order valence-corrected chi connectivity index (χ4v) is 5.94. The molecule has 2 heterocycles. The highest BCUT2D eigenvalue weighted by Gasteiger charge is 2.34. The minimum Gasteiger partial charge on any atom is -0.508 e. The largest absolute Gasteiger partial charge is 0.508 e. The molecule has 0 aromatic heterocycles. The average Bonchev–Trinajstić information content (AvgIpc) is 3.23. The smallest absolute Gasteiger partial charge is 0.140 e. The second-order valence-electron chi connectivity index (χ2n) is 8.75. The van der Waals surface area contributed by atoms with E-state index in [1.165, 1.54) is 12.8 Å². The van der Waals surface area contributed by atoms with E-state index in [2.05, 4.69) is 24.0 Å². The van der Waals surface area contributed by atoms with Gasteiger partial charge in [0.25, 0.3) is 0 Å². The van der Waals surface area contributed by atoms with Gasteiger partial charge in [-0.25, -0.2) is 0 Å². The maximum atomic E-state index is 10.0. The molecule has 0 aliphatic carbocycles. The molecule has 0 spiro atoms. The summed E-state index contributed by atoms with van der Waals surface area (Å²) < 4.78 is 12.4. The molecule has 0 unspecified atom stereocenters. The van der Waals surface area contributed by atoms with Crippen LogP contribution in [0.1, 0.15) is 42.2 Å². The molecule has 5 rings (SSSR count). The van der Waals surface area contributed by atoms with Crippen LogP contribution in [0, 0.1) is 0 Å². The molecule has 3 aromatic rings. The normalized spacial score (nSPS) is 22.5. The van der Waals surface area contributed by atoms with E-state index in [1.54, 1.807) is 42.1 Å². The molecule has 172 valence electrons. The summed E-state index contributed by atoms with van der Waals surface area (Å²) in [5.74, 6) is 2.04. The first-order chi connectivity index (χ1) is 16.1. The summed E-state index contributed by atoms with van der Waals surface area (Å²) in [6, 6.07) is 21.2. The quantitative estimate of drug-likeness (QED) is 0.473. The Balaban J connectivity index is 1.34. The summed E-state index contributed by atoms with van der Waals surface area (Å²) in [6.45, 7) is 5.08. The van der Waals surface area contributed by atoms with Gasteiger partial charge in [-0.2, -0.15) is 0 Å². The number of hydrogen-bond acceptors (Lipinski definition) is 6. The molecule has 2 N–H and O–H groups in total. The zero-order valence-electron chi connectivity index (χ0n) is 18.7. The van der Waals surface area contributed by atoms with Gasteiger partial charge in [0.15, 0.2) is 0 Å². The van der Waals surface area contributed by atoms with E-state index in [4.69, 9.17) is 9.47 Å². The number of rotatable bonds is 6. The number of aromatic hydroxyl groups is 2. The maximum Gasteiger partial charge on any atom is 0.140 e. The van der Waals surface area contributed by atoms with Gasteiger partial charge >= 0.3 is 0 Å². The van der Waals surface area contributed by atoms with Crippen molar-refractivity contribution in [3.8, 4) is 23.0 Å². The van der Waals surface area contributed by atoms with Crippen molar-refractivity contribution in [2.45, 2.75) is 42.1 Å². The number of hydrogen-bond donors (Lipinski definition) is 2. The van der Waals surface area contributed by atoms with E-state index in [1.807, 2.05) is 24.3 Å². The molecule has 0 bridgehead atoms. The molecule has 2 aliphatic heterocycles. The predicted molar refractivity (Wildman–Crippen MR) is 130 cm³/mol. The first-order valence-corrected chi connectivity index (χ1v) is 12.4. The Morgan fingerprint density at radius 2 is 1.82 bits per heavy atom. The third kappa shape index (κ3) is 4.92. The predicted octanol–water partition coefficient (Wildman–Crippen LogP) is 5.93. The fourth-order valence-electron chi connectivity index (χ4n) is 4.63. The lowest BCUT2D eigenvalue weighted by Crippen LogP contribution is -2.31. The van der Waals surface area contributed by atoms with Gasteiger partial charge in [-0.15, -0.1) is 11.8 Å². The van der Waals surface area contributed by atoms with Crippen molar-refractivity contribution in [1.82, 2.24) is 4.90 Å². The van der Waals surface area contributed by atoms with Crippen LogP contribution >= 0.6 is 11.8 Å². The van der Waals surface area contributed by atoms with Gasteiger partial charge in [-0.05, 0) is 79.9 Å². The van der Waals surface area contributed by atoms with E-state index in [0.29, 0.717) is 12.6 Å². The lowest BCUT2D eigenvalue weighted by Gasteiger charge is -2.34. The summed E-state index contributed by atoms with van der Waals surface area (Å²) in [7, 11) is 0. The second-order valence-corrected chi connectivity index (χ2v) is 9.93. The van der Waals surface area contributed by atoms with Gasteiger partial charge in [0.2, 0.25) is 0 Å². The zero-order chi connectivity index (χ0) is 22.8. The average molecular weight is 464 g/mol. The van der Waals surface area contributed by atoms with Crippen LogP contribution in [-0.2, 0) is 0 Å². The number of nitrogens with zero attached hydrogens (tertiary/aromatic N) is 1. The van der Waals surface area contributed by atoms with Crippen molar-refractivity contribution in [2.24, 2.45) is 0 Å². The van der Waals surface area contributed by atoms with Crippen LogP contribution in [0.5, 0.6) is 23.0 Å². The molecule has 1 fully saturated rings. The summed E-state index contributed by atoms with van der Waals surface area (Å²) >= 11 is 1.64. The number of benzene rings is 3. The Morgan fingerprint density at radius 1 is 1.00 bits per heavy atom. The van der Waals surface area contributed by atoms with Gasteiger partial charge in [-0.1, -0.05) is 24.3 Å². The monoisotopic (exact) mass is 463 g/mol. The first kappa shape index (κ1) is 22.0. The lowest BCUT2D eigenvalue weighted by atomic mass is 10.00. The van der Waals surface area contributed by atoms with E-state index in [-0.39, 0.29) is 22.9 Å². The molecular weight excluding hydrogens is 434 g/mol. The van der Waals surface area contributed by atoms with Crippen molar-refractivity contribution in [1.29, 1.82) is 0 Å². The van der Waals surface area contributed by atoms with Crippen molar-refractivity contribution in [3.63, 3.8) is 0 Å². The number of likely N-dealkylation sites (tertiary alicyclic amines) is 1. The van der Waals surface area contributed by atoms with Crippen LogP contribution in [0.15, 0.2) is 71.6 Å². The molecular formula is C27H29NO4S. The highest BCUT2D eigenvalue weighted by atomic mass is 32.2. The summed E-state index contributed by atoms with van der Waals surface area (Å²) in [6.07, 6.45) is 2.31. The number of ether oxygens (including phenoxy) is 2. The third-order valence-electron chi connectivity index (χ3n) is 6.46. The summed E-state index contributed by atoms with van der Waals surface area (Å²) in [4.78, 5) is 3.37. The Morgan fingerprint density at radius 3 is 2.58 bits per heavy atom. The molecule has 5 nitrogen and oxygen atoms in total. The fraction of sp³-hybridized carbons (Fsp3) is 0.333. The van der Waals surface area contributed by atoms with Gasteiger partial charge in [0.1, 0.15) is 35.7 Å². The number of thioether (sulfide) groups is 1. The van der Waals surface area contributed by atoms with Crippen LogP contribution in [0.25, 0.3) is 0 Å². The minimum atomic E-state index is -0.242. The van der Waals surface area contributed by atoms with Crippen LogP contribution in [0.4, 0.5) is 0 Å². The number of fused-ring (bicyclic) bond motifs is 1. The van der Waals surface area contributed by atoms with Crippen LogP contribution in [0.2, 0.25) is 0 Å². The van der Waals surface area contributed by atoms with Crippen LogP contribution in [0.3, 0.4) is 0 Å². The Kier molecular flexibility index (Phi) is 6.38. The third-order valence-corrected chi connectivity index (χ3v) is 7.80. The topological polar surface area (TPSA) is 62.2 Å². The molecule has 6 heteroatoms. The highest BCUT2D eigenvalue weighted by molar-refractivity contribution is 7.99. The Bertz CT molecular complexity index is 1100. The van der Waals surface area contributed by atoms with Gasteiger partial charge in [-0.3, -0.25) is 4.90 Å². The van der Waals surface area contributed by atoms with E-state index < -0.39 is 0 Å². The van der Waals surface area contributed by atoms with Crippen LogP contribution < -0.4 is 9.47 Å². The molecule has 3 atom stereocenters. The van der Waals surface area contributed by atoms with Crippen molar-refractivity contribution in [2.75, 3.05) is 19.7 Å². The lowest BCUT2D eigenvalue weighted by molar-refractivity contribution is 0.190. The van der Waals surface area contributed by atoms with Crippen molar-refractivity contribution in [3.05, 3.63) is 77.9 Å². The summed E-state index contributed by atoms with van der Waals surface area (Å²) in [5, 5.41) is 19.9. The van der Waals surface area contributed by atoms with Gasteiger partial charge in [0.05, 0.1) is 10.1 Å². The standard InChI is InChI=1S/C27H29NO4S/c1-18-4-3-13-28(18)14-15-31-23-10-7-19(8-11-23)26-27(20-5-2-6-21(29)16-20)33-25-17-22(30)9-12-24(25)32-26/h2,5-12,16-18,26-27,29-30H,3-4,13-15H2,1H3/t18-,26+,27-/m1/s1. The molecule has 2 aliphatic rings. The number of phenols is 2. The van der Waals surface area contributed by atoms with Crippen molar-refractivity contribution >= 4 is 11.8 Å². The number of phenolic OH excluding ortho intramolecular Hbond substituents is 2. The van der Waals surface area contributed by atoms with Gasteiger partial charge in [0, 0.05) is 12.6 Å². The zero-order valence-corrected chi connectivity index (χ0v) is 19.5. The molecule has 0 amide bonds. The van der Waals surface area contributed by atoms with Gasteiger partial charge < -0.3 is 19.7 Å². The Labute approximate surface area is 199 Å². The van der Waals surface area contributed by atoms with E-state index in [0.717, 1.165) is 40.6 Å². The van der Waals surface area contributed by atoms with E-state index >= 15 is 0 Å². The molecule has 0 radical (unpaired) electrons. The molecule has 0 saturated carbocycles.